The van der Waals surface area contributed by atoms with Crippen LogP contribution >= 0.6 is 0 Å². The molecule has 0 atom stereocenters. The van der Waals surface area contributed by atoms with Gasteiger partial charge < -0.3 is 0 Å². The van der Waals surface area contributed by atoms with Gasteiger partial charge in [-0.15, -0.1) is 0 Å². The number of hydrogen-bond acceptors (Lipinski definition) is 0. The van der Waals surface area contributed by atoms with Gasteiger partial charge in [0.2, 0.25) is 0 Å². The lowest BCUT2D eigenvalue weighted by molar-refractivity contribution is -0.0289. The van der Waals surface area contributed by atoms with Crippen LogP contribution < -0.4 is 0 Å². The molecule has 0 nitrogen and oxygen atoms in total. The zero-order valence-corrected chi connectivity index (χ0v) is 11.7. The van der Waals surface area contributed by atoms with Gasteiger partial charge >= 0.3 is 0 Å². The molecule has 5 aliphatic rings. The minimum absolute atomic E-state index is 0.574. The second-order valence-electron chi connectivity index (χ2n) is 7.55. The van der Waals surface area contributed by atoms with Gasteiger partial charge in [0.25, 0.3) is 0 Å². The zero-order chi connectivity index (χ0) is 12.3. The van der Waals surface area contributed by atoms with Crippen molar-refractivity contribution in [3.8, 4) is 0 Å². The third kappa shape index (κ3) is 1.44. The average Bonchev–Trinajstić information content (AvgIpc) is 2.76. The van der Waals surface area contributed by atoms with Crippen molar-refractivity contribution in [3.63, 3.8) is 0 Å². The second kappa shape index (κ2) is 3.62. The third-order valence-electron chi connectivity index (χ3n) is 5.96. The molecular formula is C18H24. The van der Waals surface area contributed by atoms with Gasteiger partial charge in [-0.2, -0.15) is 0 Å². The summed E-state index contributed by atoms with van der Waals surface area (Å²) in [5.41, 5.74) is 5.36. The van der Waals surface area contributed by atoms with E-state index in [1.54, 1.807) is 30.4 Å². The second-order valence-corrected chi connectivity index (χ2v) is 7.55. The summed E-state index contributed by atoms with van der Waals surface area (Å²) in [5.74, 6) is 3.16. The Balaban J connectivity index is 1.75. The Morgan fingerprint density at radius 1 is 1.00 bits per heavy atom. The van der Waals surface area contributed by atoms with Gasteiger partial charge in [-0.25, -0.2) is 0 Å². The highest BCUT2D eigenvalue weighted by Gasteiger charge is 2.52. The molecule has 5 aliphatic carbocycles. The van der Waals surface area contributed by atoms with Crippen LogP contribution in [0.5, 0.6) is 0 Å². The lowest BCUT2D eigenvalue weighted by Gasteiger charge is -2.57. The van der Waals surface area contributed by atoms with Gasteiger partial charge in [-0.05, 0) is 86.7 Å². The van der Waals surface area contributed by atoms with Crippen molar-refractivity contribution in [2.24, 2.45) is 23.2 Å². The summed E-state index contributed by atoms with van der Waals surface area (Å²) < 4.78 is 0. The SMILES string of the molecule is CC(C)=C1C=CC=C1C12CC3CC(CC(C3)C1)C2. The van der Waals surface area contributed by atoms with E-state index in [4.69, 9.17) is 0 Å². The molecule has 4 bridgehead atoms. The maximum atomic E-state index is 2.44. The number of hydrogen-bond donors (Lipinski definition) is 0. The van der Waals surface area contributed by atoms with Gasteiger partial charge in [0.15, 0.2) is 0 Å². The normalized spacial score (nSPS) is 44.7. The first-order valence-corrected chi connectivity index (χ1v) is 7.73. The minimum Gasteiger partial charge on any atom is -0.0689 e. The van der Waals surface area contributed by atoms with Crippen LogP contribution in [0, 0.1) is 23.2 Å². The van der Waals surface area contributed by atoms with Crippen molar-refractivity contribution in [1.82, 2.24) is 0 Å². The van der Waals surface area contributed by atoms with Crippen LogP contribution in [0.2, 0.25) is 0 Å². The third-order valence-corrected chi connectivity index (χ3v) is 5.96. The quantitative estimate of drug-likeness (QED) is 0.602. The highest BCUT2D eigenvalue weighted by Crippen LogP contribution is 2.64. The maximum Gasteiger partial charge on any atom is -0.00332 e. The van der Waals surface area contributed by atoms with Gasteiger partial charge in [0.1, 0.15) is 0 Å². The van der Waals surface area contributed by atoms with Gasteiger partial charge in [-0.3, -0.25) is 0 Å². The molecule has 0 spiro atoms. The van der Waals surface area contributed by atoms with Crippen molar-refractivity contribution in [2.75, 3.05) is 0 Å². The molecule has 0 aromatic carbocycles. The van der Waals surface area contributed by atoms with E-state index in [9.17, 15) is 0 Å². The van der Waals surface area contributed by atoms with E-state index in [0.717, 1.165) is 17.8 Å². The smallest absolute Gasteiger partial charge is 0.00332 e. The monoisotopic (exact) mass is 240 g/mol. The summed E-state index contributed by atoms with van der Waals surface area (Å²) >= 11 is 0. The molecule has 0 amide bonds. The summed E-state index contributed by atoms with van der Waals surface area (Å²) in [5, 5.41) is 0. The first-order valence-electron chi connectivity index (χ1n) is 7.73. The maximum absolute atomic E-state index is 2.44. The van der Waals surface area contributed by atoms with Crippen molar-refractivity contribution < 1.29 is 0 Å². The fourth-order valence-corrected chi connectivity index (χ4v) is 5.76. The fraction of sp³-hybridized carbons (Fsp3) is 0.667. The molecule has 0 heterocycles. The number of allylic oxidation sites excluding steroid dienone is 6. The van der Waals surface area contributed by atoms with Crippen molar-refractivity contribution >= 4 is 0 Å². The summed E-state index contributed by atoms with van der Waals surface area (Å²) in [7, 11) is 0. The molecular weight excluding hydrogens is 216 g/mol. The number of rotatable bonds is 1. The molecule has 0 radical (unpaired) electrons. The highest BCUT2D eigenvalue weighted by molar-refractivity contribution is 5.54. The summed E-state index contributed by atoms with van der Waals surface area (Å²) in [4.78, 5) is 0. The molecule has 4 fully saturated rings. The molecule has 5 rings (SSSR count). The van der Waals surface area contributed by atoms with E-state index in [0.29, 0.717) is 5.41 Å². The molecule has 0 aromatic rings. The van der Waals surface area contributed by atoms with Crippen molar-refractivity contribution in [2.45, 2.75) is 52.4 Å². The Morgan fingerprint density at radius 3 is 2.06 bits per heavy atom. The lowest BCUT2D eigenvalue weighted by Crippen LogP contribution is -2.47. The Morgan fingerprint density at radius 2 is 1.56 bits per heavy atom. The zero-order valence-electron chi connectivity index (χ0n) is 11.7. The van der Waals surface area contributed by atoms with Crippen molar-refractivity contribution in [3.05, 3.63) is 34.9 Å². The Kier molecular flexibility index (Phi) is 2.23. The van der Waals surface area contributed by atoms with Gasteiger partial charge in [0.05, 0.1) is 0 Å². The Bertz CT molecular complexity index is 433. The minimum atomic E-state index is 0.574. The van der Waals surface area contributed by atoms with Crippen molar-refractivity contribution in [1.29, 1.82) is 0 Å². The van der Waals surface area contributed by atoms with Crippen LogP contribution in [0.3, 0.4) is 0 Å². The molecule has 0 N–H and O–H groups in total. The van der Waals surface area contributed by atoms with Crippen LogP contribution in [0.4, 0.5) is 0 Å². The average molecular weight is 240 g/mol. The fourth-order valence-electron chi connectivity index (χ4n) is 5.76. The molecule has 18 heavy (non-hydrogen) atoms. The van der Waals surface area contributed by atoms with Crippen LogP contribution in [-0.2, 0) is 0 Å². The molecule has 96 valence electrons. The molecule has 0 unspecified atom stereocenters. The van der Waals surface area contributed by atoms with E-state index in [2.05, 4.69) is 32.1 Å². The predicted octanol–water partition coefficient (Wildman–Crippen LogP) is 5.04. The van der Waals surface area contributed by atoms with E-state index < -0.39 is 0 Å². The largest absolute Gasteiger partial charge is 0.0689 e. The molecule has 0 aromatic heterocycles. The standard InChI is InChI=1S/C18H24/c1-12(2)16-4-3-5-17(16)18-9-13-6-14(10-18)8-15(7-13)11-18/h3-5,13-15H,6-11H2,1-2H3. The lowest BCUT2D eigenvalue weighted by atomic mass is 9.47. The summed E-state index contributed by atoms with van der Waals surface area (Å²) in [6, 6.07) is 0. The predicted molar refractivity (Wildman–Crippen MR) is 76.2 cm³/mol. The summed E-state index contributed by atoms with van der Waals surface area (Å²) in [6.45, 7) is 4.55. The highest BCUT2D eigenvalue weighted by atomic mass is 14.6. The Labute approximate surface area is 111 Å². The van der Waals surface area contributed by atoms with Crippen LogP contribution in [0.1, 0.15) is 52.4 Å². The van der Waals surface area contributed by atoms with Crippen LogP contribution in [0.15, 0.2) is 34.9 Å². The van der Waals surface area contributed by atoms with Gasteiger partial charge in [-0.1, -0.05) is 23.8 Å². The van der Waals surface area contributed by atoms with Crippen LogP contribution in [0.25, 0.3) is 0 Å². The van der Waals surface area contributed by atoms with Gasteiger partial charge in [0, 0.05) is 0 Å². The van der Waals surface area contributed by atoms with E-state index in [1.807, 2.05) is 0 Å². The van der Waals surface area contributed by atoms with E-state index in [1.165, 1.54) is 24.8 Å². The summed E-state index contributed by atoms with van der Waals surface area (Å²) in [6.07, 6.45) is 16.2. The molecule has 0 heteroatoms. The topological polar surface area (TPSA) is 0 Å². The molecule has 4 saturated carbocycles. The first-order chi connectivity index (χ1) is 8.66. The molecule has 0 saturated heterocycles. The molecule has 0 aliphatic heterocycles. The van der Waals surface area contributed by atoms with Crippen LogP contribution in [-0.4, -0.2) is 0 Å². The van der Waals surface area contributed by atoms with E-state index >= 15 is 0 Å². The Hall–Kier alpha value is -0.780. The first kappa shape index (κ1) is 11.1. The van der Waals surface area contributed by atoms with E-state index in [-0.39, 0.29) is 0 Å².